The highest BCUT2D eigenvalue weighted by molar-refractivity contribution is 7.89. The van der Waals surface area contributed by atoms with Crippen molar-refractivity contribution in [1.82, 2.24) is 4.72 Å². The van der Waals surface area contributed by atoms with Crippen LogP contribution in [0.3, 0.4) is 0 Å². The molecule has 1 atom stereocenters. The first-order valence-corrected chi connectivity index (χ1v) is 11.5. The Morgan fingerprint density at radius 1 is 0.903 bits per heavy atom. The quantitative estimate of drug-likeness (QED) is 0.488. The maximum Gasteiger partial charge on any atom is 0.307 e. The van der Waals surface area contributed by atoms with Crippen LogP contribution in [0.1, 0.15) is 18.0 Å². The fraction of sp³-hybridized carbons (Fsp3) is 0.208. The number of rotatable bonds is 10. The van der Waals surface area contributed by atoms with E-state index in [1.54, 1.807) is 30.3 Å². The van der Waals surface area contributed by atoms with E-state index >= 15 is 0 Å². The van der Waals surface area contributed by atoms with E-state index in [9.17, 15) is 13.2 Å². The molecule has 1 N–H and O–H groups in total. The molecule has 0 aromatic heterocycles. The van der Waals surface area contributed by atoms with Gasteiger partial charge in [-0.2, -0.15) is 0 Å². The normalized spacial score (nSPS) is 12.2. The summed E-state index contributed by atoms with van der Waals surface area (Å²) in [5, 5.41) is 0. The number of nitrogens with one attached hydrogen (secondary N) is 1. The van der Waals surface area contributed by atoms with Gasteiger partial charge in [-0.25, -0.2) is 13.1 Å². The van der Waals surface area contributed by atoms with Crippen LogP contribution in [0.2, 0.25) is 0 Å². The van der Waals surface area contributed by atoms with E-state index in [1.807, 2.05) is 65.6 Å². The fourth-order valence-electron chi connectivity index (χ4n) is 3.35. The van der Waals surface area contributed by atoms with E-state index in [0.717, 1.165) is 11.3 Å². The molecule has 162 valence electrons. The summed E-state index contributed by atoms with van der Waals surface area (Å²) in [4.78, 5) is 14.1. The summed E-state index contributed by atoms with van der Waals surface area (Å²) in [6.45, 7) is 0.515. The second-order valence-corrected chi connectivity index (χ2v) is 8.71. The zero-order chi connectivity index (χ0) is 22.1. The zero-order valence-electron chi connectivity index (χ0n) is 17.3. The molecule has 0 heterocycles. The molecule has 3 aromatic carbocycles. The van der Waals surface area contributed by atoms with Gasteiger partial charge in [0.1, 0.15) is 0 Å². The number of hydrogen-bond acceptors (Lipinski definition) is 5. The Balaban J connectivity index is 1.93. The maximum atomic E-state index is 12.8. The van der Waals surface area contributed by atoms with Crippen LogP contribution in [-0.2, 0) is 19.6 Å². The molecule has 0 radical (unpaired) electrons. The fourth-order valence-corrected chi connectivity index (χ4v) is 4.41. The van der Waals surface area contributed by atoms with Gasteiger partial charge in [-0.1, -0.05) is 66.7 Å². The van der Waals surface area contributed by atoms with Gasteiger partial charge >= 0.3 is 5.97 Å². The third-order valence-electron chi connectivity index (χ3n) is 4.95. The van der Waals surface area contributed by atoms with E-state index in [1.165, 1.54) is 7.11 Å². The van der Waals surface area contributed by atoms with Crippen molar-refractivity contribution in [2.75, 3.05) is 25.1 Å². The third-order valence-corrected chi connectivity index (χ3v) is 6.39. The summed E-state index contributed by atoms with van der Waals surface area (Å²) in [5.41, 5.74) is 1.83. The number of anilines is 1. The van der Waals surface area contributed by atoms with Crippen molar-refractivity contribution >= 4 is 21.7 Å². The number of sulfonamides is 1. The van der Waals surface area contributed by atoms with Crippen LogP contribution in [-0.4, -0.2) is 34.6 Å². The van der Waals surface area contributed by atoms with Crippen molar-refractivity contribution in [3.63, 3.8) is 0 Å². The highest BCUT2D eigenvalue weighted by Gasteiger charge is 2.24. The van der Waals surface area contributed by atoms with Gasteiger partial charge in [-0.05, 0) is 29.8 Å². The van der Waals surface area contributed by atoms with E-state index in [0.29, 0.717) is 6.54 Å². The highest BCUT2D eigenvalue weighted by Crippen LogP contribution is 2.27. The summed E-state index contributed by atoms with van der Waals surface area (Å²) in [7, 11) is -2.32. The monoisotopic (exact) mass is 438 g/mol. The van der Waals surface area contributed by atoms with Crippen LogP contribution < -0.4 is 9.62 Å². The highest BCUT2D eigenvalue weighted by atomic mass is 32.2. The van der Waals surface area contributed by atoms with Crippen LogP contribution in [0, 0.1) is 0 Å². The molecule has 31 heavy (non-hydrogen) atoms. The number of carbonyl (C=O) groups excluding carboxylic acids is 1. The predicted octanol–water partition coefficient (Wildman–Crippen LogP) is 3.78. The van der Waals surface area contributed by atoms with Gasteiger partial charge in [-0.3, -0.25) is 4.79 Å². The standard InChI is InChI=1S/C24H26N2O4S/c1-30-24(27)17-18-26(21-13-7-3-8-14-21)23(20-11-5-2-6-12-20)19-25-31(28,29)22-15-9-4-10-16-22/h2-16,23,25H,17-19H2,1H3/t23-/m1/s1. The molecule has 0 aliphatic rings. The molecule has 0 aliphatic heterocycles. The first kappa shape index (κ1) is 22.5. The van der Waals surface area contributed by atoms with Gasteiger partial charge in [-0.15, -0.1) is 0 Å². The zero-order valence-corrected chi connectivity index (χ0v) is 18.2. The van der Waals surface area contributed by atoms with E-state index < -0.39 is 10.0 Å². The Bertz CT molecular complexity index is 1060. The molecular weight excluding hydrogens is 412 g/mol. The van der Waals surface area contributed by atoms with Crippen LogP contribution >= 0.6 is 0 Å². The first-order chi connectivity index (χ1) is 15.0. The summed E-state index contributed by atoms with van der Waals surface area (Å²) < 4.78 is 33.2. The number of hydrogen-bond donors (Lipinski definition) is 1. The number of ether oxygens (including phenoxy) is 1. The van der Waals surface area contributed by atoms with Crippen molar-refractivity contribution in [3.8, 4) is 0 Å². The SMILES string of the molecule is COC(=O)CCN(c1ccccc1)[C@H](CNS(=O)(=O)c1ccccc1)c1ccccc1. The van der Waals surface area contributed by atoms with Crippen LogP contribution in [0.5, 0.6) is 0 Å². The molecule has 0 amide bonds. The lowest BCUT2D eigenvalue weighted by molar-refractivity contribution is -0.140. The molecule has 0 saturated carbocycles. The molecule has 0 saturated heterocycles. The minimum absolute atomic E-state index is 0.136. The van der Waals surface area contributed by atoms with Crippen molar-refractivity contribution in [1.29, 1.82) is 0 Å². The van der Waals surface area contributed by atoms with Crippen molar-refractivity contribution in [2.45, 2.75) is 17.4 Å². The molecule has 6 nitrogen and oxygen atoms in total. The number of carbonyl (C=O) groups is 1. The molecule has 7 heteroatoms. The summed E-state index contributed by atoms with van der Waals surface area (Å²) in [5.74, 6) is -0.322. The van der Waals surface area contributed by atoms with Gasteiger partial charge < -0.3 is 9.64 Å². The van der Waals surface area contributed by atoms with Gasteiger partial charge in [0.2, 0.25) is 10.0 Å². The molecule has 0 bridgehead atoms. The van der Waals surface area contributed by atoms with E-state index in [-0.39, 0.29) is 29.9 Å². The molecule has 0 unspecified atom stereocenters. The second-order valence-electron chi connectivity index (χ2n) is 6.95. The molecule has 0 fully saturated rings. The van der Waals surface area contributed by atoms with E-state index in [4.69, 9.17) is 4.74 Å². The van der Waals surface area contributed by atoms with Gasteiger partial charge in [0.25, 0.3) is 0 Å². The molecule has 3 rings (SSSR count). The van der Waals surface area contributed by atoms with Crippen molar-refractivity contribution in [2.24, 2.45) is 0 Å². The third kappa shape index (κ3) is 6.16. The van der Waals surface area contributed by atoms with Crippen molar-refractivity contribution in [3.05, 3.63) is 96.6 Å². The maximum absolute atomic E-state index is 12.8. The lowest BCUT2D eigenvalue weighted by Crippen LogP contribution is -2.39. The summed E-state index contributed by atoms with van der Waals surface area (Å²) in [6.07, 6.45) is 0.181. The number of nitrogens with zero attached hydrogens (tertiary/aromatic N) is 1. The first-order valence-electron chi connectivity index (χ1n) is 9.99. The second kappa shape index (κ2) is 10.7. The van der Waals surface area contributed by atoms with Crippen molar-refractivity contribution < 1.29 is 17.9 Å². The molecule has 0 aliphatic carbocycles. The number of esters is 1. The Hall–Kier alpha value is -3.16. The van der Waals surface area contributed by atoms with E-state index in [2.05, 4.69) is 4.72 Å². The van der Waals surface area contributed by atoms with Crippen LogP contribution in [0.15, 0.2) is 95.9 Å². The average Bonchev–Trinajstić information content (AvgIpc) is 2.82. The number of para-hydroxylation sites is 1. The number of benzene rings is 3. The Labute approximate surface area is 183 Å². The molecular formula is C24H26N2O4S. The molecule has 0 spiro atoms. The summed E-state index contributed by atoms with van der Waals surface area (Å²) >= 11 is 0. The number of methoxy groups -OCH3 is 1. The summed E-state index contributed by atoms with van der Waals surface area (Å²) in [6, 6.07) is 27.2. The largest absolute Gasteiger partial charge is 0.469 e. The minimum atomic E-state index is -3.68. The molecule has 3 aromatic rings. The van der Waals surface area contributed by atoms with Crippen LogP contribution in [0.25, 0.3) is 0 Å². The smallest absolute Gasteiger partial charge is 0.307 e. The Morgan fingerprint density at radius 2 is 1.45 bits per heavy atom. The van der Waals surface area contributed by atoms with Gasteiger partial charge in [0.15, 0.2) is 0 Å². The van der Waals surface area contributed by atoms with Crippen LogP contribution in [0.4, 0.5) is 5.69 Å². The van der Waals surface area contributed by atoms with Gasteiger partial charge in [0, 0.05) is 18.8 Å². The Morgan fingerprint density at radius 3 is 2.03 bits per heavy atom. The van der Waals surface area contributed by atoms with Gasteiger partial charge in [0.05, 0.1) is 24.5 Å². The minimum Gasteiger partial charge on any atom is -0.469 e. The Kier molecular flexibility index (Phi) is 7.81. The lowest BCUT2D eigenvalue weighted by atomic mass is 10.0. The average molecular weight is 439 g/mol. The topological polar surface area (TPSA) is 75.7 Å². The predicted molar refractivity (Wildman–Crippen MR) is 121 cm³/mol. The lowest BCUT2D eigenvalue weighted by Gasteiger charge is -2.34.